The van der Waals surface area contributed by atoms with Gasteiger partial charge in [-0.05, 0) is 56.2 Å². The number of hydrogen-bond donors (Lipinski definition) is 1. The zero-order chi connectivity index (χ0) is 22.8. The number of amides is 2. The van der Waals surface area contributed by atoms with Crippen LogP contribution in [-0.4, -0.2) is 18.4 Å². The molecule has 162 valence electrons. The quantitative estimate of drug-likeness (QED) is 0.489. The molecule has 3 aromatic carbocycles. The van der Waals surface area contributed by atoms with Gasteiger partial charge in [-0.3, -0.25) is 9.59 Å². The van der Waals surface area contributed by atoms with Gasteiger partial charge >= 0.3 is 0 Å². The van der Waals surface area contributed by atoms with Crippen LogP contribution < -0.4 is 15.0 Å². The number of hydrogen-bond acceptors (Lipinski definition) is 4. The van der Waals surface area contributed by atoms with Crippen LogP contribution >= 0.6 is 11.6 Å². The van der Waals surface area contributed by atoms with Gasteiger partial charge < -0.3 is 10.1 Å². The van der Waals surface area contributed by atoms with Crippen LogP contribution in [0.2, 0.25) is 5.02 Å². The Balaban J connectivity index is 1.88. The number of para-hydroxylation sites is 3. The number of halogens is 1. The molecule has 5 nitrogen and oxygen atoms in total. The van der Waals surface area contributed by atoms with Crippen molar-refractivity contribution in [3.8, 4) is 5.75 Å². The molecule has 0 spiro atoms. The lowest BCUT2D eigenvalue weighted by molar-refractivity contribution is -0.120. The molecule has 2 amide bonds. The predicted molar refractivity (Wildman–Crippen MR) is 128 cm³/mol. The first kappa shape index (κ1) is 21.7. The Labute approximate surface area is 192 Å². The van der Waals surface area contributed by atoms with Crippen molar-refractivity contribution < 1.29 is 14.3 Å². The molecule has 0 aromatic heterocycles. The molecule has 3 aromatic rings. The highest BCUT2D eigenvalue weighted by molar-refractivity contribution is 6.48. The van der Waals surface area contributed by atoms with Crippen LogP contribution in [0.15, 0.2) is 72.4 Å². The van der Waals surface area contributed by atoms with Crippen LogP contribution in [0.5, 0.6) is 5.75 Å². The average Bonchev–Trinajstić information content (AvgIpc) is 3.00. The molecule has 0 saturated carbocycles. The third kappa shape index (κ3) is 3.87. The molecule has 1 heterocycles. The van der Waals surface area contributed by atoms with Crippen LogP contribution in [-0.2, 0) is 9.59 Å². The van der Waals surface area contributed by atoms with Crippen molar-refractivity contribution in [2.75, 3.05) is 16.8 Å². The second-order valence-corrected chi connectivity index (χ2v) is 7.93. The number of imide groups is 1. The van der Waals surface area contributed by atoms with Crippen molar-refractivity contribution in [3.05, 3.63) is 94.1 Å². The molecule has 0 aliphatic carbocycles. The lowest BCUT2D eigenvalue weighted by atomic mass is 9.97. The molecule has 4 rings (SSSR count). The van der Waals surface area contributed by atoms with Gasteiger partial charge in [-0.2, -0.15) is 0 Å². The summed E-state index contributed by atoms with van der Waals surface area (Å²) in [6, 6.07) is 19.9. The Kier molecular flexibility index (Phi) is 6.01. The summed E-state index contributed by atoms with van der Waals surface area (Å²) in [5, 5.41) is 3.51. The van der Waals surface area contributed by atoms with Gasteiger partial charge in [0.15, 0.2) is 0 Å². The molecule has 32 heavy (non-hydrogen) atoms. The molecular formula is C26H23ClN2O3. The van der Waals surface area contributed by atoms with Crippen LogP contribution in [0.3, 0.4) is 0 Å². The van der Waals surface area contributed by atoms with E-state index in [4.69, 9.17) is 16.3 Å². The second kappa shape index (κ2) is 8.89. The number of benzene rings is 3. The van der Waals surface area contributed by atoms with Crippen molar-refractivity contribution in [1.82, 2.24) is 0 Å². The summed E-state index contributed by atoms with van der Waals surface area (Å²) in [6.45, 7) is 6.28. The SMILES string of the molecule is CCOc1ccccc1NC1=C(c2ccc(C)cc2C)C(=O)N(c2ccccc2Cl)C1=O. The van der Waals surface area contributed by atoms with Crippen LogP contribution in [0.25, 0.3) is 5.57 Å². The molecule has 0 fully saturated rings. The number of carbonyl (C=O) groups excluding carboxylic acids is 2. The van der Waals surface area contributed by atoms with Gasteiger partial charge in [0.05, 0.1) is 28.6 Å². The summed E-state index contributed by atoms with van der Waals surface area (Å²) in [4.78, 5) is 28.4. The Morgan fingerprint density at radius 2 is 1.66 bits per heavy atom. The minimum Gasteiger partial charge on any atom is -0.492 e. The van der Waals surface area contributed by atoms with Gasteiger partial charge in [-0.1, -0.05) is 59.6 Å². The van der Waals surface area contributed by atoms with E-state index in [0.29, 0.717) is 39.9 Å². The molecular weight excluding hydrogens is 424 g/mol. The van der Waals surface area contributed by atoms with Crippen molar-refractivity contribution in [2.24, 2.45) is 0 Å². The number of nitrogens with zero attached hydrogens (tertiary/aromatic N) is 1. The molecule has 0 radical (unpaired) electrons. The van der Waals surface area contributed by atoms with Gasteiger partial charge in [0.1, 0.15) is 11.4 Å². The zero-order valence-corrected chi connectivity index (χ0v) is 18.9. The van der Waals surface area contributed by atoms with Gasteiger partial charge in [-0.25, -0.2) is 4.90 Å². The number of ether oxygens (including phenoxy) is 1. The predicted octanol–water partition coefficient (Wildman–Crippen LogP) is 5.75. The van der Waals surface area contributed by atoms with Crippen molar-refractivity contribution in [3.63, 3.8) is 0 Å². The van der Waals surface area contributed by atoms with Crippen molar-refractivity contribution >= 4 is 40.4 Å². The standard InChI is InChI=1S/C26H23ClN2O3/c1-4-32-22-12-8-6-10-20(22)28-24-23(18-14-13-16(2)15-17(18)3)25(30)29(26(24)31)21-11-7-5-9-19(21)27/h5-15,28H,4H2,1-3H3. The van der Waals surface area contributed by atoms with Crippen LogP contribution in [0.1, 0.15) is 23.6 Å². The summed E-state index contributed by atoms with van der Waals surface area (Å²) in [6.07, 6.45) is 0. The maximum Gasteiger partial charge on any atom is 0.282 e. The Morgan fingerprint density at radius 1 is 0.938 bits per heavy atom. The molecule has 0 bridgehead atoms. The number of rotatable bonds is 6. The number of aryl methyl sites for hydroxylation is 2. The topological polar surface area (TPSA) is 58.6 Å². The summed E-state index contributed by atoms with van der Waals surface area (Å²) in [5.74, 6) is -0.297. The summed E-state index contributed by atoms with van der Waals surface area (Å²) >= 11 is 6.35. The fourth-order valence-corrected chi connectivity index (χ4v) is 4.05. The first-order valence-corrected chi connectivity index (χ1v) is 10.7. The zero-order valence-electron chi connectivity index (χ0n) is 18.1. The van der Waals surface area contributed by atoms with E-state index in [0.717, 1.165) is 16.0 Å². The molecule has 1 aliphatic rings. The van der Waals surface area contributed by atoms with Crippen LogP contribution in [0.4, 0.5) is 11.4 Å². The molecule has 0 saturated heterocycles. The Bertz CT molecular complexity index is 1250. The largest absolute Gasteiger partial charge is 0.492 e. The summed E-state index contributed by atoms with van der Waals surface area (Å²) < 4.78 is 5.70. The van der Waals surface area contributed by atoms with E-state index in [9.17, 15) is 9.59 Å². The smallest absolute Gasteiger partial charge is 0.282 e. The second-order valence-electron chi connectivity index (χ2n) is 7.52. The highest BCUT2D eigenvalue weighted by Crippen LogP contribution is 2.38. The fourth-order valence-electron chi connectivity index (χ4n) is 3.83. The van der Waals surface area contributed by atoms with E-state index in [1.165, 1.54) is 0 Å². The third-order valence-corrected chi connectivity index (χ3v) is 5.59. The van der Waals surface area contributed by atoms with E-state index in [-0.39, 0.29) is 5.70 Å². The van der Waals surface area contributed by atoms with Gasteiger partial charge in [-0.15, -0.1) is 0 Å². The molecule has 1 aliphatic heterocycles. The van der Waals surface area contributed by atoms with Gasteiger partial charge in [0.25, 0.3) is 11.8 Å². The molecule has 0 unspecified atom stereocenters. The van der Waals surface area contributed by atoms with E-state index in [1.54, 1.807) is 24.3 Å². The summed E-state index contributed by atoms with van der Waals surface area (Å²) in [7, 11) is 0. The molecule has 0 atom stereocenters. The number of anilines is 2. The van der Waals surface area contributed by atoms with Crippen molar-refractivity contribution in [2.45, 2.75) is 20.8 Å². The van der Waals surface area contributed by atoms with E-state index in [1.807, 2.05) is 63.2 Å². The number of nitrogens with one attached hydrogen (secondary N) is 1. The Hall–Kier alpha value is -3.57. The maximum absolute atomic E-state index is 13.6. The highest BCUT2D eigenvalue weighted by atomic mass is 35.5. The summed E-state index contributed by atoms with van der Waals surface area (Å²) in [5.41, 5.74) is 4.12. The normalized spacial score (nSPS) is 13.7. The average molecular weight is 447 g/mol. The lowest BCUT2D eigenvalue weighted by Crippen LogP contribution is -2.32. The fraction of sp³-hybridized carbons (Fsp3) is 0.154. The van der Waals surface area contributed by atoms with Crippen LogP contribution in [0, 0.1) is 13.8 Å². The highest BCUT2D eigenvalue weighted by Gasteiger charge is 2.41. The molecule has 6 heteroatoms. The first-order chi connectivity index (χ1) is 15.4. The Morgan fingerprint density at radius 3 is 2.38 bits per heavy atom. The van der Waals surface area contributed by atoms with E-state index in [2.05, 4.69) is 5.32 Å². The van der Waals surface area contributed by atoms with E-state index >= 15 is 0 Å². The minimum atomic E-state index is -0.468. The van der Waals surface area contributed by atoms with E-state index < -0.39 is 11.8 Å². The first-order valence-electron chi connectivity index (χ1n) is 10.4. The van der Waals surface area contributed by atoms with Gasteiger partial charge in [0.2, 0.25) is 0 Å². The third-order valence-electron chi connectivity index (χ3n) is 5.28. The monoisotopic (exact) mass is 446 g/mol. The maximum atomic E-state index is 13.6. The minimum absolute atomic E-state index is 0.189. The number of carbonyl (C=O) groups is 2. The van der Waals surface area contributed by atoms with Gasteiger partial charge in [0, 0.05) is 0 Å². The van der Waals surface area contributed by atoms with Crippen molar-refractivity contribution in [1.29, 1.82) is 0 Å². The molecule has 1 N–H and O–H groups in total. The lowest BCUT2D eigenvalue weighted by Gasteiger charge is -2.17.